The second kappa shape index (κ2) is 6.79. The Morgan fingerprint density at radius 3 is 2.89 bits per heavy atom. The highest BCUT2D eigenvalue weighted by atomic mass is 15.1. The van der Waals surface area contributed by atoms with Crippen molar-refractivity contribution in [2.24, 2.45) is 0 Å². The third-order valence-corrected chi connectivity index (χ3v) is 3.85. The fraction of sp³-hybridized carbons (Fsp3) is 0.625. The van der Waals surface area contributed by atoms with E-state index < -0.39 is 0 Å². The molecule has 0 spiro atoms. The maximum atomic E-state index is 3.77. The van der Waals surface area contributed by atoms with E-state index in [2.05, 4.69) is 48.5 Å². The van der Waals surface area contributed by atoms with Crippen molar-refractivity contribution in [3.05, 3.63) is 29.8 Å². The van der Waals surface area contributed by atoms with E-state index >= 15 is 0 Å². The van der Waals surface area contributed by atoms with Crippen molar-refractivity contribution < 1.29 is 0 Å². The Morgan fingerprint density at radius 1 is 1.22 bits per heavy atom. The van der Waals surface area contributed by atoms with Gasteiger partial charge in [-0.1, -0.05) is 31.5 Å². The molecule has 1 aliphatic heterocycles. The molecular formula is C16H26N2. The third-order valence-electron chi connectivity index (χ3n) is 3.85. The molecule has 1 aromatic carbocycles. The summed E-state index contributed by atoms with van der Waals surface area (Å²) in [5.41, 5.74) is 2.83. The van der Waals surface area contributed by atoms with E-state index in [0.29, 0.717) is 6.04 Å². The van der Waals surface area contributed by atoms with Gasteiger partial charge < -0.3 is 10.2 Å². The Kier molecular flexibility index (Phi) is 5.06. The average molecular weight is 246 g/mol. The summed E-state index contributed by atoms with van der Waals surface area (Å²) < 4.78 is 0. The smallest absolute Gasteiger partial charge is 0.0374 e. The van der Waals surface area contributed by atoms with Crippen LogP contribution in [0.3, 0.4) is 0 Å². The molecule has 2 rings (SSSR count). The first kappa shape index (κ1) is 13.4. The predicted molar refractivity (Wildman–Crippen MR) is 79.2 cm³/mol. The zero-order chi connectivity index (χ0) is 12.8. The molecule has 100 valence electrons. The summed E-state index contributed by atoms with van der Waals surface area (Å²) in [6.07, 6.45) is 6.26. The molecule has 18 heavy (non-hydrogen) atoms. The van der Waals surface area contributed by atoms with Gasteiger partial charge in [0.2, 0.25) is 0 Å². The van der Waals surface area contributed by atoms with E-state index in [9.17, 15) is 0 Å². The summed E-state index contributed by atoms with van der Waals surface area (Å²) in [6, 6.07) is 9.43. The van der Waals surface area contributed by atoms with Crippen molar-refractivity contribution in [3.63, 3.8) is 0 Å². The Labute approximate surface area is 111 Å². The molecule has 0 radical (unpaired) electrons. The molecule has 1 fully saturated rings. The zero-order valence-electron chi connectivity index (χ0n) is 11.8. The maximum absolute atomic E-state index is 3.77. The molecule has 1 unspecified atom stereocenters. The number of nitrogens with one attached hydrogen (secondary N) is 1. The van der Waals surface area contributed by atoms with Crippen molar-refractivity contribution in [2.75, 3.05) is 25.5 Å². The SMILES string of the molecule is CCCc1ccccc1NC1CCCN(C)CC1. The molecule has 2 heteroatoms. The van der Waals surface area contributed by atoms with Gasteiger partial charge in [0.1, 0.15) is 0 Å². The molecule has 1 heterocycles. The molecule has 0 amide bonds. The lowest BCUT2D eigenvalue weighted by atomic mass is 10.0. The van der Waals surface area contributed by atoms with Crippen molar-refractivity contribution >= 4 is 5.69 Å². The number of nitrogens with zero attached hydrogens (tertiary/aromatic N) is 1. The van der Waals surface area contributed by atoms with E-state index in [1.807, 2.05) is 0 Å². The van der Waals surface area contributed by atoms with Crippen LogP contribution in [0.5, 0.6) is 0 Å². The van der Waals surface area contributed by atoms with Gasteiger partial charge in [-0.05, 0) is 57.5 Å². The van der Waals surface area contributed by atoms with Crippen LogP contribution < -0.4 is 5.32 Å². The zero-order valence-corrected chi connectivity index (χ0v) is 11.8. The third kappa shape index (κ3) is 3.74. The fourth-order valence-electron chi connectivity index (χ4n) is 2.75. The Bertz CT molecular complexity index is 362. The second-order valence-corrected chi connectivity index (χ2v) is 5.48. The summed E-state index contributed by atoms with van der Waals surface area (Å²) in [4.78, 5) is 2.44. The van der Waals surface area contributed by atoms with E-state index in [-0.39, 0.29) is 0 Å². The number of aryl methyl sites for hydroxylation is 1. The molecule has 1 aromatic rings. The Balaban J connectivity index is 1.99. The lowest BCUT2D eigenvalue weighted by molar-refractivity contribution is 0.348. The second-order valence-electron chi connectivity index (χ2n) is 5.48. The van der Waals surface area contributed by atoms with Gasteiger partial charge >= 0.3 is 0 Å². The van der Waals surface area contributed by atoms with Gasteiger partial charge in [0.15, 0.2) is 0 Å². The van der Waals surface area contributed by atoms with Crippen LogP contribution in [0.2, 0.25) is 0 Å². The van der Waals surface area contributed by atoms with Gasteiger partial charge in [-0.2, -0.15) is 0 Å². The topological polar surface area (TPSA) is 15.3 Å². The lowest BCUT2D eigenvalue weighted by Gasteiger charge is -2.20. The molecule has 0 aromatic heterocycles. The van der Waals surface area contributed by atoms with Crippen LogP contribution in [0.4, 0.5) is 5.69 Å². The minimum atomic E-state index is 0.646. The summed E-state index contributed by atoms with van der Waals surface area (Å²) >= 11 is 0. The van der Waals surface area contributed by atoms with Crippen molar-refractivity contribution in [3.8, 4) is 0 Å². The summed E-state index contributed by atoms with van der Waals surface area (Å²) in [5.74, 6) is 0. The molecular weight excluding hydrogens is 220 g/mol. The van der Waals surface area contributed by atoms with E-state index in [1.165, 1.54) is 56.4 Å². The summed E-state index contributed by atoms with van der Waals surface area (Å²) in [6.45, 7) is 4.71. The van der Waals surface area contributed by atoms with Crippen LogP contribution in [0.25, 0.3) is 0 Å². The first-order valence-corrected chi connectivity index (χ1v) is 7.32. The molecule has 1 saturated heterocycles. The number of benzene rings is 1. The highest BCUT2D eigenvalue weighted by Crippen LogP contribution is 2.21. The number of hydrogen-bond donors (Lipinski definition) is 1. The van der Waals surface area contributed by atoms with E-state index in [0.717, 1.165) is 0 Å². The average Bonchev–Trinajstić information content (AvgIpc) is 2.57. The molecule has 1 atom stereocenters. The Hall–Kier alpha value is -1.02. The minimum Gasteiger partial charge on any atom is -0.382 e. The lowest BCUT2D eigenvalue weighted by Crippen LogP contribution is -2.23. The monoisotopic (exact) mass is 246 g/mol. The standard InChI is InChI=1S/C16H26N2/c1-3-7-14-8-4-5-10-16(14)17-15-9-6-12-18(2)13-11-15/h4-5,8,10,15,17H,3,6-7,9,11-13H2,1-2H3. The maximum Gasteiger partial charge on any atom is 0.0374 e. The Morgan fingerprint density at radius 2 is 2.06 bits per heavy atom. The number of para-hydroxylation sites is 1. The predicted octanol–water partition coefficient (Wildman–Crippen LogP) is 3.54. The number of rotatable bonds is 4. The van der Waals surface area contributed by atoms with Crippen LogP contribution in [0, 0.1) is 0 Å². The van der Waals surface area contributed by atoms with Crippen molar-refractivity contribution in [1.29, 1.82) is 0 Å². The molecule has 0 aliphatic carbocycles. The molecule has 0 saturated carbocycles. The number of anilines is 1. The van der Waals surface area contributed by atoms with Crippen LogP contribution >= 0.6 is 0 Å². The van der Waals surface area contributed by atoms with E-state index in [4.69, 9.17) is 0 Å². The molecule has 2 nitrogen and oxygen atoms in total. The van der Waals surface area contributed by atoms with Crippen LogP contribution in [-0.4, -0.2) is 31.1 Å². The normalized spacial score (nSPS) is 21.6. The number of hydrogen-bond acceptors (Lipinski definition) is 2. The van der Waals surface area contributed by atoms with Gasteiger partial charge in [0.25, 0.3) is 0 Å². The van der Waals surface area contributed by atoms with Gasteiger partial charge in [0.05, 0.1) is 0 Å². The van der Waals surface area contributed by atoms with Crippen molar-refractivity contribution in [1.82, 2.24) is 4.90 Å². The van der Waals surface area contributed by atoms with Crippen LogP contribution in [-0.2, 0) is 6.42 Å². The fourth-order valence-corrected chi connectivity index (χ4v) is 2.75. The number of likely N-dealkylation sites (tertiary alicyclic amines) is 1. The largest absolute Gasteiger partial charge is 0.382 e. The first-order chi connectivity index (χ1) is 8.79. The minimum absolute atomic E-state index is 0.646. The van der Waals surface area contributed by atoms with E-state index in [1.54, 1.807) is 0 Å². The quantitative estimate of drug-likeness (QED) is 0.874. The highest BCUT2D eigenvalue weighted by Gasteiger charge is 2.15. The van der Waals surface area contributed by atoms with Gasteiger partial charge in [-0.15, -0.1) is 0 Å². The molecule has 1 aliphatic rings. The van der Waals surface area contributed by atoms with Gasteiger partial charge in [0, 0.05) is 11.7 Å². The highest BCUT2D eigenvalue weighted by molar-refractivity contribution is 5.51. The van der Waals surface area contributed by atoms with Gasteiger partial charge in [-0.25, -0.2) is 0 Å². The molecule has 0 bridgehead atoms. The van der Waals surface area contributed by atoms with Gasteiger partial charge in [-0.3, -0.25) is 0 Å². The van der Waals surface area contributed by atoms with Crippen LogP contribution in [0.15, 0.2) is 24.3 Å². The summed E-state index contributed by atoms with van der Waals surface area (Å²) in [5, 5.41) is 3.77. The molecule has 1 N–H and O–H groups in total. The van der Waals surface area contributed by atoms with Crippen LogP contribution in [0.1, 0.15) is 38.2 Å². The first-order valence-electron chi connectivity index (χ1n) is 7.32. The van der Waals surface area contributed by atoms with Crippen molar-refractivity contribution in [2.45, 2.75) is 45.1 Å². The summed E-state index contributed by atoms with van der Waals surface area (Å²) in [7, 11) is 2.23.